The van der Waals surface area contributed by atoms with Gasteiger partial charge in [-0.25, -0.2) is 4.57 Å². The van der Waals surface area contributed by atoms with Crippen LogP contribution in [-0.4, -0.2) is 88.1 Å². The third kappa shape index (κ3) is 28.4. The number of nitrogens with two attached hydrogens (primary N) is 1. The van der Waals surface area contributed by atoms with Crippen molar-refractivity contribution < 1.29 is 62.5 Å². The molecule has 0 aliphatic heterocycles. The van der Waals surface area contributed by atoms with Crippen molar-refractivity contribution in [3.05, 3.63) is 36.5 Å². The molecule has 0 aromatic carbocycles. The number of carboxylic acids is 1. The smallest absolute Gasteiger partial charge is 0.472 e. The van der Waals surface area contributed by atoms with Crippen LogP contribution in [0.3, 0.4) is 0 Å². The first kappa shape index (κ1) is 54.3. The average Bonchev–Trinajstić information content (AvgIpc) is 3.47. The van der Waals surface area contributed by atoms with E-state index >= 15 is 0 Å². The number of hydrogen-bond acceptors (Lipinski definition) is 12. The van der Waals surface area contributed by atoms with E-state index in [1.54, 1.807) is 12.2 Å². The molecule has 0 amide bonds. The predicted octanol–water partition coefficient (Wildman–Crippen LogP) is 8.20. The van der Waals surface area contributed by atoms with Crippen LogP contribution in [-0.2, 0) is 42.3 Å². The lowest BCUT2D eigenvalue weighted by atomic mass is 9.90. The molecule has 1 fully saturated rings. The van der Waals surface area contributed by atoms with Crippen LogP contribution in [0.4, 0.5) is 0 Å². The third-order valence-corrected chi connectivity index (χ3v) is 11.2. The first-order valence-electron chi connectivity index (χ1n) is 22.1. The van der Waals surface area contributed by atoms with Gasteiger partial charge in [-0.3, -0.25) is 28.2 Å². The number of Topliss-reactive ketones (excluding diaryl/α,β-unsaturated/α-hetero) is 1. The molecule has 0 heterocycles. The molecule has 15 heteroatoms. The molecule has 0 saturated heterocycles. The van der Waals surface area contributed by atoms with E-state index in [0.717, 1.165) is 57.8 Å². The van der Waals surface area contributed by atoms with Gasteiger partial charge >= 0.3 is 25.7 Å². The topological polar surface area (TPSA) is 229 Å². The number of ketones is 1. The number of aliphatic hydroxyl groups is 2. The fourth-order valence-corrected chi connectivity index (χ4v) is 7.41. The molecular formula is C44H76NO13P. The minimum Gasteiger partial charge on any atom is -0.480 e. The maximum absolute atomic E-state index is 12.7. The van der Waals surface area contributed by atoms with Crippen LogP contribution in [0.2, 0.25) is 0 Å². The minimum atomic E-state index is -4.78. The Morgan fingerprint density at radius 2 is 1.34 bits per heavy atom. The van der Waals surface area contributed by atoms with E-state index in [4.69, 9.17) is 24.8 Å². The van der Waals surface area contributed by atoms with Gasteiger partial charge in [-0.15, -0.1) is 0 Å². The molecular weight excluding hydrogens is 781 g/mol. The number of rotatable bonds is 37. The van der Waals surface area contributed by atoms with Crippen molar-refractivity contribution in [1.29, 1.82) is 0 Å². The highest BCUT2D eigenvalue weighted by Gasteiger charge is 2.39. The summed E-state index contributed by atoms with van der Waals surface area (Å²) in [4.78, 5) is 58.7. The predicted molar refractivity (Wildman–Crippen MR) is 227 cm³/mol. The molecule has 6 N–H and O–H groups in total. The van der Waals surface area contributed by atoms with Crippen LogP contribution < -0.4 is 5.73 Å². The number of esters is 2. The van der Waals surface area contributed by atoms with Gasteiger partial charge in [-0.1, -0.05) is 121 Å². The van der Waals surface area contributed by atoms with Gasteiger partial charge in [0.1, 0.15) is 18.4 Å². The van der Waals surface area contributed by atoms with E-state index in [0.29, 0.717) is 32.1 Å². The molecule has 59 heavy (non-hydrogen) atoms. The first-order chi connectivity index (χ1) is 28.3. The number of allylic oxidation sites excluding steroid dienone is 4. The largest absolute Gasteiger partial charge is 0.480 e. The summed E-state index contributed by atoms with van der Waals surface area (Å²) in [7, 11) is -4.78. The van der Waals surface area contributed by atoms with Gasteiger partial charge in [-0.2, -0.15) is 0 Å². The number of aliphatic hydroxyl groups excluding tert-OH is 2. The molecule has 1 rings (SSSR count). The van der Waals surface area contributed by atoms with Crippen LogP contribution in [0, 0.1) is 11.8 Å². The van der Waals surface area contributed by atoms with Crippen LogP contribution in [0.25, 0.3) is 0 Å². The fraction of sp³-hybridized carbons (Fsp3) is 0.773. The molecule has 1 unspecified atom stereocenters. The van der Waals surface area contributed by atoms with Crippen molar-refractivity contribution in [3.63, 3.8) is 0 Å². The van der Waals surface area contributed by atoms with Gasteiger partial charge in [0, 0.05) is 31.1 Å². The van der Waals surface area contributed by atoms with Crippen LogP contribution in [0.1, 0.15) is 162 Å². The summed E-state index contributed by atoms with van der Waals surface area (Å²) in [5, 5.41) is 29.6. The van der Waals surface area contributed by atoms with Gasteiger partial charge < -0.3 is 35.4 Å². The number of carbonyl (C=O) groups excluding carboxylic acids is 3. The van der Waals surface area contributed by atoms with Gasteiger partial charge in [-0.05, 0) is 57.8 Å². The SMILES string of the molecule is CCCCCCCC/C=C\CCCCCCCC(=O)O[C@H](COC(=O)CCC/C=C\C[C@H]1C(=O)C[C@@H](O)[C@@H]1/C=C/[C@@H](O)CCCCC)COP(=O)(O)OC[C@H](N)C(=O)O. The molecule has 7 atom stereocenters. The molecule has 340 valence electrons. The Morgan fingerprint density at radius 1 is 0.780 bits per heavy atom. The van der Waals surface area contributed by atoms with Crippen LogP contribution >= 0.6 is 7.82 Å². The van der Waals surface area contributed by atoms with Gasteiger partial charge in [0.15, 0.2) is 6.10 Å². The van der Waals surface area contributed by atoms with E-state index in [1.165, 1.54) is 38.5 Å². The zero-order valence-corrected chi connectivity index (χ0v) is 36.7. The summed E-state index contributed by atoms with van der Waals surface area (Å²) in [5.41, 5.74) is 5.32. The lowest BCUT2D eigenvalue weighted by Gasteiger charge is -2.20. The van der Waals surface area contributed by atoms with E-state index < -0.39 is 75.8 Å². The highest BCUT2D eigenvalue weighted by Crippen LogP contribution is 2.43. The van der Waals surface area contributed by atoms with Crippen molar-refractivity contribution in [2.24, 2.45) is 17.6 Å². The van der Waals surface area contributed by atoms with E-state index in [9.17, 15) is 38.8 Å². The quantitative estimate of drug-likeness (QED) is 0.0172. The number of ether oxygens (including phenoxy) is 2. The second-order valence-electron chi connectivity index (χ2n) is 15.6. The molecule has 0 aromatic rings. The summed E-state index contributed by atoms with van der Waals surface area (Å²) >= 11 is 0. The molecule has 0 bridgehead atoms. The molecule has 0 aromatic heterocycles. The highest BCUT2D eigenvalue weighted by molar-refractivity contribution is 7.47. The Hall–Kier alpha value is -2.71. The van der Waals surface area contributed by atoms with Crippen molar-refractivity contribution >= 4 is 31.5 Å². The Bertz CT molecular complexity index is 1310. The van der Waals surface area contributed by atoms with Crippen LogP contribution in [0.5, 0.6) is 0 Å². The maximum atomic E-state index is 12.7. The lowest BCUT2D eigenvalue weighted by molar-refractivity contribution is -0.161. The summed E-state index contributed by atoms with van der Waals surface area (Å²) in [5.74, 6) is -3.41. The van der Waals surface area contributed by atoms with Crippen molar-refractivity contribution in [2.75, 3.05) is 19.8 Å². The molecule has 1 saturated carbocycles. The Kier molecular flexibility index (Phi) is 31.2. The van der Waals surface area contributed by atoms with Gasteiger partial charge in [0.25, 0.3) is 0 Å². The lowest BCUT2D eigenvalue weighted by Crippen LogP contribution is -2.34. The Labute approximate surface area is 353 Å². The summed E-state index contributed by atoms with van der Waals surface area (Å²) in [6, 6.07) is -1.56. The Balaban J connectivity index is 2.51. The van der Waals surface area contributed by atoms with Gasteiger partial charge in [0.2, 0.25) is 0 Å². The van der Waals surface area contributed by atoms with E-state index in [-0.39, 0.29) is 31.0 Å². The Morgan fingerprint density at radius 3 is 2.00 bits per heavy atom. The zero-order valence-electron chi connectivity index (χ0n) is 35.8. The number of aliphatic carboxylic acids is 1. The molecule has 0 radical (unpaired) electrons. The minimum absolute atomic E-state index is 0.0256. The van der Waals surface area contributed by atoms with Crippen molar-refractivity contribution in [2.45, 2.75) is 186 Å². The average molecular weight is 858 g/mol. The van der Waals surface area contributed by atoms with E-state index in [1.807, 2.05) is 12.2 Å². The number of carboxylic acid groups (broad SMARTS) is 1. The highest BCUT2D eigenvalue weighted by atomic mass is 31.2. The molecule has 0 spiro atoms. The number of carbonyl (C=O) groups is 4. The fourth-order valence-electron chi connectivity index (χ4n) is 6.63. The molecule has 14 nitrogen and oxygen atoms in total. The number of unbranched alkanes of at least 4 members (excludes halogenated alkanes) is 14. The monoisotopic (exact) mass is 858 g/mol. The third-order valence-electron chi connectivity index (χ3n) is 10.2. The summed E-state index contributed by atoms with van der Waals surface area (Å²) in [6.07, 6.45) is 28.6. The standard InChI is InChI=1S/C44H76NO13P/c1-3-5-7-8-9-10-11-12-13-14-15-16-17-18-24-28-43(50)58-36(33-56-59(53,54)57-34-39(45)44(51)52)32-55-42(49)27-23-20-19-22-26-37-38(41(48)31-40(37)47)30-29-35(46)25-21-6-4-2/h12-13,19,22,29-30,35-39,41,46,48H,3-11,14-18,20-21,23-28,31-34,45H2,1-2H3,(H,51,52)(H,53,54)/b13-12-,22-19-,30-29+/t35-,36+,37+,38+,39-,41+/m0/s1. The molecule has 1 aliphatic carbocycles. The normalized spacial score (nSPS) is 19.7. The second kappa shape index (κ2) is 33.9. The van der Waals surface area contributed by atoms with E-state index in [2.05, 4.69) is 30.5 Å². The number of phosphoric acid groups is 1. The van der Waals surface area contributed by atoms with Gasteiger partial charge in [0.05, 0.1) is 25.4 Å². The molecule has 1 aliphatic rings. The van der Waals surface area contributed by atoms with Crippen molar-refractivity contribution in [3.8, 4) is 0 Å². The number of phosphoric ester groups is 1. The summed E-state index contributed by atoms with van der Waals surface area (Å²) < 4.78 is 32.6. The van der Waals surface area contributed by atoms with Crippen molar-refractivity contribution in [1.82, 2.24) is 0 Å². The number of hydrogen-bond donors (Lipinski definition) is 5. The zero-order chi connectivity index (χ0) is 43.7. The second-order valence-corrected chi connectivity index (χ2v) is 17.1. The van der Waals surface area contributed by atoms with Crippen LogP contribution in [0.15, 0.2) is 36.5 Å². The maximum Gasteiger partial charge on any atom is 0.472 e. The summed E-state index contributed by atoms with van der Waals surface area (Å²) in [6.45, 7) is 2.41. The first-order valence-corrected chi connectivity index (χ1v) is 23.6.